The Balaban J connectivity index is 1.51. The van der Waals surface area contributed by atoms with Gasteiger partial charge in [-0.15, -0.1) is 0 Å². The van der Waals surface area contributed by atoms with E-state index in [0.717, 1.165) is 54.5 Å². The van der Waals surface area contributed by atoms with Crippen LogP contribution in [0.5, 0.6) is 0 Å². The molecule has 31 heavy (non-hydrogen) atoms. The molecule has 166 valence electrons. The molecule has 0 unspecified atom stereocenters. The second-order valence-electron chi connectivity index (χ2n) is 7.72. The van der Waals surface area contributed by atoms with Crippen molar-refractivity contribution < 1.29 is 14.3 Å². The molecule has 1 fully saturated rings. The van der Waals surface area contributed by atoms with Gasteiger partial charge in [-0.05, 0) is 56.2 Å². The minimum atomic E-state index is -0.207. The summed E-state index contributed by atoms with van der Waals surface area (Å²) in [5.41, 5.74) is 4.99. The molecule has 0 saturated carbocycles. The third-order valence-electron chi connectivity index (χ3n) is 5.49. The van der Waals surface area contributed by atoms with Crippen molar-refractivity contribution in [1.29, 1.82) is 0 Å². The third kappa shape index (κ3) is 6.21. The summed E-state index contributed by atoms with van der Waals surface area (Å²) in [6.45, 7) is 9.75. The summed E-state index contributed by atoms with van der Waals surface area (Å²) in [5.74, 6) is -0.315. The maximum atomic E-state index is 12.6. The Morgan fingerprint density at radius 3 is 2.29 bits per heavy atom. The standard InChI is InChI=1S/C24H32N4O3/c1-4-27(23(30)16-25-24-18(2)6-5-7-19(24)3)17-22(29)26-20-8-10-21(11-9-20)28-12-14-31-15-13-28/h5-11,25H,4,12-17H2,1-3H3,(H,26,29). The fourth-order valence-electron chi connectivity index (χ4n) is 3.70. The number of likely N-dealkylation sites (N-methyl/N-ethyl adjacent to an activating group) is 1. The monoisotopic (exact) mass is 424 g/mol. The van der Waals surface area contributed by atoms with Crippen molar-refractivity contribution in [3.8, 4) is 0 Å². The first-order valence-electron chi connectivity index (χ1n) is 10.8. The number of hydrogen-bond donors (Lipinski definition) is 2. The average molecular weight is 425 g/mol. The average Bonchev–Trinajstić information content (AvgIpc) is 2.78. The highest BCUT2D eigenvalue weighted by Crippen LogP contribution is 2.20. The lowest BCUT2D eigenvalue weighted by atomic mass is 10.1. The Morgan fingerprint density at radius 1 is 1.03 bits per heavy atom. The predicted molar refractivity (Wildman–Crippen MR) is 125 cm³/mol. The zero-order chi connectivity index (χ0) is 22.2. The Kier molecular flexibility index (Phi) is 7.89. The normalized spacial score (nSPS) is 13.6. The van der Waals surface area contributed by atoms with Gasteiger partial charge in [0.05, 0.1) is 26.3 Å². The zero-order valence-corrected chi connectivity index (χ0v) is 18.6. The number of hydrogen-bond acceptors (Lipinski definition) is 5. The fourth-order valence-corrected chi connectivity index (χ4v) is 3.70. The fraction of sp³-hybridized carbons (Fsp3) is 0.417. The van der Waals surface area contributed by atoms with E-state index in [0.29, 0.717) is 6.54 Å². The summed E-state index contributed by atoms with van der Waals surface area (Å²) in [6, 6.07) is 13.8. The molecule has 7 heteroatoms. The lowest BCUT2D eigenvalue weighted by Crippen LogP contribution is -2.40. The van der Waals surface area contributed by atoms with Crippen LogP contribution in [0, 0.1) is 13.8 Å². The minimum absolute atomic E-state index is 0.0228. The van der Waals surface area contributed by atoms with Crippen LogP contribution in [0.1, 0.15) is 18.1 Å². The summed E-state index contributed by atoms with van der Waals surface area (Å²) < 4.78 is 5.38. The second-order valence-corrected chi connectivity index (χ2v) is 7.72. The van der Waals surface area contributed by atoms with Gasteiger partial charge in [0.1, 0.15) is 0 Å². The number of anilines is 3. The van der Waals surface area contributed by atoms with Crippen molar-refractivity contribution >= 4 is 28.9 Å². The van der Waals surface area contributed by atoms with Gasteiger partial charge >= 0.3 is 0 Å². The SMILES string of the molecule is CCN(CC(=O)Nc1ccc(N2CCOCC2)cc1)C(=O)CNc1c(C)cccc1C. The number of amides is 2. The van der Waals surface area contributed by atoms with Gasteiger partial charge in [-0.3, -0.25) is 9.59 Å². The van der Waals surface area contributed by atoms with Gasteiger partial charge in [-0.25, -0.2) is 0 Å². The van der Waals surface area contributed by atoms with E-state index in [2.05, 4.69) is 15.5 Å². The van der Waals surface area contributed by atoms with Crippen LogP contribution in [0.2, 0.25) is 0 Å². The highest BCUT2D eigenvalue weighted by atomic mass is 16.5. The number of rotatable bonds is 8. The molecule has 1 heterocycles. The van der Waals surface area contributed by atoms with Gasteiger partial charge in [0.15, 0.2) is 0 Å². The Bertz CT molecular complexity index is 872. The number of nitrogens with zero attached hydrogens (tertiary/aromatic N) is 2. The minimum Gasteiger partial charge on any atom is -0.378 e. The highest BCUT2D eigenvalue weighted by Gasteiger charge is 2.17. The van der Waals surface area contributed by atoms with Crippen molar-refractivity contribution in [2.45, 2.75) is 20.8 Å². The van der Waals surface area contributed by atoms with Gasteiger partial charge < -0.3 is 25.2 Å². The second kappa shape index (κ2) is 10.8. The topological polar surface area (TPSA) is 73.9 Å². The van der Waals surface area contributed by atoms with Gasteiger partial charge in [0.2, 0.25) is 11.8 Å². The first kappa shape index (κ1) is 22.6. The van der Waals surface area contributed by atoms with Crippen molar-refractivity contribution in [1.82, 2.24) is 4.90 Å². The maximum absolute atomic E-state index is 12.6. The van der Waals surface area contributed by atoms with E-state index in [4.69, 9.17) is 4.74 Å². The van der Waals surface area contributed by atoms with E-state index in [1.54, 1.807) is 4.90 Å². The number of carbonyl (C=O) groups is 2. The first-order chi connectivity index (χ1) is 15.0. The molecule has 7 nitrogen and oxygen atoms in total. The van der Waals surface area contributed by atoms with E-state index >= 15 is 0 Å². The smallest absolute Gasteiger partial charge is 0.243 e. The summed E-state index contributed by atoms with van der Waals surface area (Å²) >= 11 is 0. The predicted octanol–water partition coefficient (Wildman–Crippen LogP) is 3.04. The number of nitrogens with one attached hydrogen (secondary N) is 2. The van der Waals surface area contributed by atoms with Gasteiger partial charge in [0.25, 0.3) is 0 Å². The van der Waals surface area contributed by atoms with Crippen LogP contribution in [0.15, 0.2) is 42.5 Å². The molecule has 2 N–H and O–H groups in total. The zero-order valence-electron chi connectivity index (χ0n) is 18.6. The molecule has 1 saturated heterocycles. The molecule has 2 aromatic carbocycles. The quantitative estimate of drug-likeness (QED) is 0.681. The third-order valence-corrected chi connectivity index (χ3v) is 5.49. The summed E-state index contributed by atoms with van der Waals surface area (Å²) in [4.78, 5) is 29.0. The number of para-hydroxylation sites is 1. The number of morpholine rings is 1. The van der Waals surface area contributed by atoms with Gasteiger partial charge in [-0.2, -0.15) is 0 Å². The van der Waals surface area contributed by atoms with Crippen molar-refractivity contribution in [3.63, 3.8) is 0 Å². The van der Waals surface area contributed by atoms with E-state index < -0.39 is 0 Å². The van der Waals surface area contributed by atoms with Crippen LogP contribution in [-0.2, 0) is 14.3 Å². The summed E-state index contributed by atoms with van der Waals surface area (Å²) in [6.07, 6.45) is 0. The Labute approximate surface area is 184 Å². The van der Waals surface area contributed by atoms with Crippen LogP contribution in [0.4, 0.5) is 17.1 Å². The van der Waals surface area contributed by atoms with E-state index in [1.165, 1.54) is 0 Å². The van der Waals surface area contributed by atoms with E-state index in [9.17, 15) is 9.59 Å². The molecular formula is C24H32N4O3. The molecule has 1 aliphatic rings. The molecule has 0 spiro atoms. The van der Waals surface area contributed by atoms with E-state index in [1.807, 2.05) is 63.2 Å². The van der Waals surface area contributed by atoms with Crippen LogP contribution >= 0.6 is 0 Å². The first-order valence-corrected chi connectivity index (χ1v) is 10.8. The van der Waals surface area contributed by atoms with Crippen molar-refractivity contribution in [2.75, 3.05) is 61.5 Å². The largest absolute Gasteiger partial charge is 0.378 e. The maximum Gasteiger partial charge on any atom is 0.243 e. The number of benzene rings is 2. The highest BCUT2D eigenvalue weighted by molar-refractivity contribution is 5.95. The van der Waals surface area contributed by atoms with Crippen LogP contribution in [0.3, 0.4) is 0 Å². The van der Waals surface area contributed by atoms with Gasteiger partial charge in [-0.1, -0.05) is 18.2 Å². The van der Waals surface area contributed by atoms with Crippen molar-refractivity contribution in [3.05, 3.63) is 53.6 Å². The molecular weight excluding hydrogens is 392 g/mol. The molecule has 0 atom stereocenters. The Morgan fingerprint density at radius 2 is 1.68 bits per heavy atom. The van der Waals surface area contributed by atoms with E-state index in [-0.39, 0.29) is 24.9 Å². The lowest BCUT2D eigenvalue weighted by Gasteiger charge is -2.29. The van der Waals surface area contributed by atoms with Gasteiger partial charge in [0, 0.05) is 36.7 Å². The number of aryl methyl sites for hydroxylation is 2. The molecule has 0 bridgehead atoms. The number of carbonyl (C=O) groups excluding carboxylic acids is 2. The van der Waals surface area contributed by atoms with Crippen LogP contribution < -0.4 is 15.5 Å². The number of ether oxygens (including phenoxy) is 1. The van der Waals surface area contributed by atoms with Crippen LogP contribution in [-0.4, -0.2) is 62.7 Å². The molecule has 1 aliphatic heterocycles. The molecule has 2 amide bonds. The van der Waals surface area contributed by atoms with Crippen LogP contribution in [0.25, 0.3) is 0 Å². The molecule has 0 radical (unpaired) electrons. The summed E-state index contributed by atoms with van der Waals surface area (Å²) in [7, 11) is 0. The summed E-state index contributed by atoms with van der Waals surface area (Å²) in [5, 5.41) is 6.11. The molecule has 2 aromatic rings. The Hall–Kier alpha value is -3.06. The molecule has 0 aromatic heterocycles. The molecule has 3 rings (SSSR count). The molecule has 0 aliphatic carbocycles. The van der Waals surface area contributed by atoms with Crippen molar-refractivity contribution in [2.24, 2.45) is 0 Å². The lowest BCUT2D eigenvalue weighted by molar-refractivity contribution is -0.132.